The summed E-state index contributed by atoms with van der Waals surface area (Å²) in [4.78, 5) is 11.1. The molecular weight excluding hydrogens is 327 g/mol. The van der Waals surface area contributed by atoms with Crippen molar-refractivity contribution in [2.75, 3.05) is 13.2 Å². The van der Waals surface area contributed by atoms with Gasteiger partial charge in [-0.3, -0.25) is 9.36 Å². The van der Waals surface area contributed by atoms with Gasteiger partial charge in [-0.1, -0.05) is 42.5 Å². The summed E-state index contributed by atoms with van der Waals surface area (Å²) in [5.41, 5.74) is 0.194. The Morgan fingerprint density at radius 2 is 1.71 bits per heavy atom. The molecule has 0 heterocycles. The first-order valence-corrected chi connectivity index (χ1v) is 9.71. The van der Waals surface area contributed by atoms with Crippen LogP contribution in [-0.4, -0.2) is 24.3 Å². The van der Waals surface area contributed by atoms with Crippen LogP contribution in [0.3, 0.4) is 0 Å². The van der Waals surface area contributed by atoms with Crippen LogP contribution in [0.15, 0.2) is 42.5 Å². The number of benzene rings is 2. The standard InChI is InChI=1S/C18H23O5P/c1-3-22-24(21,23-4-2)17(12-13-18(19)20)16-11-7-9-14-8-5-6-10-15(14)16/h5-11,17H,3-4,12-13H2,1-2H3,(H,19,20)/t17-/m1/s1. The van der Waals surface area contributed by atoms with Crippen molar-refractivity contribution in [1.29, 1.82) is 0 Å². The lowest BCUT2D eigenvalue weighted by Crippen LogP contribution is -2.09. The lowest BCUT2D eigenvalue weighted by atomic mass is 10.00. The van der Waals surface area contributed by atoms with Crippen molar-refractivity contribution in [3.05, 3.63) is 48.0 Å². The number of carbonyl (C=O) groups is 1. The Hall–Kier alpha value is -1.68. The Morgan fingerprint density at radius 3 is 2.33 bits per heavy atom. The summed E-state index contributed by atoms with van der Waals surface area (Å²) in [6.07, 6.45) is 0.0959. The van der Waals surface area contributed by atoms with E-state index in [4.69, 9.17) is 14.2 Å². The molecule has 2 aromatic rings. The Balaban J connectivity index is 2.55. The predicted molar refractivity (Wildman–Crippen MR) is 94.4 cm³/mol. The molecule has 5 nitrogen and oxygen atoms in total. The van der Waals surface area contributed by atoms with E-state index in [1.807, 2.05) is 42.5 Å². The minimum atomic E-state index is -3.48. The largest absolute Gasteiger partial charge is 0.481 e. The van der Waals surface area contributed by atoms with Gasteiger partial charge in [-0.25, -0.2) is 0 Å². The molecule has 0 unspecified atom stereocenters. The quantitative estimate of drug-likeness (QED) is 0.644. The van der Waals surface area contributed by atoms with E-state index in [1.165, 1.54) is 0 Å². The molecule has 0 amide bonds. The average Bonchev–Trinajstić information content (AvgIpc) is 2.55. The van der Waals surface area contributed by atoms with Gasteiger partial charge < -0.3 is 14.2 Å². The zero-order valence-electron chi connectivity index (χ0n) is 14.0. The van der Waals surface area contributed by atoms with E-state index in [9.17, 15) is 9.36 Å². The molecule has 0 aliphatic rings. The maximum atomic E-state index is 13.3. The summed E-state index contributed by atoms with van der Waals surface area (Å²) in [6, 6.07) is 13.5. The number of carboxylic acid groups (broad SMARTS) is 1. The van der Waals surface area contributed by atoms with Gasteiger partial charge in [0.2, 0.25) is 0 Å². The van der Waals surface area contributed by atoms with E-state index in [2.05, 4.69) is 0 Å². The molecule has 0 aromatic heterocycles. The molecule has 0 aliphatic carbocycles. The highest BCUT2D eigenvalue weighted by Gasteiger charge is 2.37. The lowest BCUT2D eigenvalue weighted by molar-refractivity contribution is -0.137. The Bertz CT molecular complexity index is 728. The Labute approximate surface area is 142 Å². The topological polar surface area (TPSA) is 72.8 Å². The van der Waals surface area contributed by atoms with E-state index >= 15 is 0 Å². The predicted octanol–water partition coefficient (Wildman–Crippen LogP) is 5.01. The zero-order chi connectivity index (χ0) is 17.6. The van der Waals surface area contributed by atoms with Crippen molar-refractivity contribution < 1.29 is 23.5 Å². The summed E-state index contributed by atoms with van der Waals surface area (Å²) in [6.45, 7) is 3.99. The second-order valence-electron chi connectivity index (χ2n) is 5.39. The van der Waals surface area contributed by atoms with Crippen LogP contribution in [0.25, 0.3) is 10.8 Å². The molecule has 24 heavy (non-hydrogen) atoms. The number of hydrogen-bond donors (Lipinski definition) is 1. The van der Waals surface area contributed by atoms with Crippen molar-refractivity contribution in [1.82, 2.24) is 0 Å². The first kappa shape index (κ1) is 18.7. The van der Waals surface area contributed by atoms with Crippen LogP contribution >= 0.6 is 7.60 Å². The average molecular weight is 350 g/mol. The SMILES string of the molecule is CCOP(=O)(OCC)[C@H](CCC(=O)O)c1cccc2ccccc12. The minimum Gasteiger partial charge on any atom is -0.481 e. The van der Waals surface area contributed by atoms with E-state index in [0.29, 0.717) is 0 Å². The van der Waals surface area contributed by atoms with Gasteiger partial charge in [0.05, 0.1) is 18.9 Å². The molecule has 0 fully saturated rings. The van der Waals surface area contributed by atoms with Gasteiger partial charge >= 0.3 is 13.6 Å². The highest BCUT2D eigenvalue weighted by molar-refractivity contribution is 7.54. The molecule has 0 saturated heterocycles. The van der Waals surface area contributed by atoms with Crippen LogP contribution in [0.4, 0.5) is 0 Å². The molecule has 0 spiro atoms. The monoisotopic (exact) mass is 350 g/mol. The third-order valence-electron chi connectivity index (χ3n) is 3.81. The first-order chi connectivity index (χ1) is 11.5. The van der Waals surface area contributed by atoms with Gasteiger partial charge in [0.15, 0.2) is 0 Å². The molecule has 0 aliphatic heterocycles. The highest BCUT2D eigenvalue weighted by atomic mass is 31.2. The number of hydrogen-bond acceptors (Lipinski definition) is 4. The first-order valence-electron chi connectivity index (χ1n) is 8.10. The molecule has 0 saturated carbocycles. The molecule has 0 bridgehead atoms. The van der Waals surface area contributed by atoms with Crippen LogP contribution in [0.5, 0.6) is 0 Å². The molecule has 0 radical (unpaired) electrons. The maximum absolute atomic E-state index is 13.3. The number of aliphatic carboxylic acids is 1. The van der Waals surface area contributed by atoms with Gasteiger partial charge in [-0.05, 0) is 36.6 Å². The minimum absolute atomic E-state index is 0.0992. The van der Waals surface area contributed by atoms with Crippen molar-refractivity contribution in [2.45, 2.75) is 32.3 Å². The smallest absolute Gasteiger partial charge is 0.338 e. The number of carboxylic acids is 1. The van der Waals surface area contributed by atoms with Gasteiger partial charge in [0, 0.05) is 6.42 Å². The van der Waals surface area contributed by atoms with Gasteiger partial charge in [-0.2, -0.15) is 0 Å². The summed E-state index contributed by atoms with van der Waals surface area (Å²) < 4.78 is 24.3. The normalized spacial score (nSPS) is 13.1. The van der Waals surface area contributed by atoms with Crippen molar-refractivity contribution in [2.24, 2.45) is 0 Å². The van der Waals surface area contributed by atoms with E-state index in [0.717, 1.165) is 16.3 Å². The van der Waals surface area contributed by atoms with Gasteiger partial charge in [0.25, 0.3) is 0 Å². The molecule has 2 rings (SSSR count). The maximum Gasteiger partial charge on any atom is 0.338 e. The van der Waals surface area contributed by atoms with E-state index in [1.54, 1.807) is 13.8 Å². The van der Waals surface area contributed by atoms with E-state index in [-0.39, 0.29) is 26.1 Å². The van der Waals surface area contributed by atoms with Crippen molar-refractivity contribution in [3.8, 4) is 0 Å². The van der Waals surface area contributed by atoms with Crippen LogP contribution in [-0.2, 0) is 18.4 Å². The van der Waals surface area contributed by atoms with Crippen molar-refractivity contribution in [3.63, 3.8) is 0 Å². The fourth-order valence-corrected chi connectivity index (χ4v) is 5.03. The number of fused-ring (bicyclic) bond motifs is 1. The second-order valence-corrected chi connectivity index (χ2v) is 7.61. The summed E-state index contributed by atoms with van der Waals surface area (Å²) in [5.74, 6) is -0.931. The summed E-state index contributed by atoms with van der Waals surface area (Å²) in [5, 5.41) is 11.0. The fraction of sp³-hybridized carbons (Fsp3) is 0.389. The van der Waals surface area contributed by atoms with Gasteiger partial charge in [0.1, 0.15) is 0 Å². The molecule has 2 aromatic carbocycles. The Kier molecular flexibility index (Phi) is 6.55. The van der Waals surface area contributed by atoms with E-state index < -0.39 is 19.2 Å². The molecule has 130 valence electrons. The van der Waals surface area contributed by atoms with Crippen LogP contribution in [0.2, 0.25) is 0 Å². The lowest BCUT2D eigenvalue weighted by Gasteiger charge is -2.27. The number of rotatable bonds is 9. The van der Waals surface area contributed by atoms with Crippen LogP contribution < -0.4 is 0 Å². The third-order valence-corrected chi connectivity index (χ3v) is 6.35. The zero-order valence-corrected chi connectivity index (χ0v) is 14.9. The van der Waals surface area contributed by atoms with Crippen LogP contribution in [0, 0.1) is 0 Å². The fourth-order valence-electron chi connectivity index (χ4n) is 2.86. The Morgan fingerprint density at radius 1 is 1.08 bits per heavy atom. The molecule has 6 heteroatoms. The van der Waals surface area contributed by atoms with Crippen molar-refractivity contribution >= 4 is 24.3 Å². The summed E-state index contributed by atoms with van der Waals surface area (Å²) in [7, 11) is -3.48. The third kappa shape index (κ3) is 4.23. The van der Waals surface area contributed by atoms with Gasteiger partial charge in [-0.15, -0.1) is 0 Å². The second kappa shape index (κ2) is 8.43. The molecule has 1 N–H and O–H groups in total. The molecule has 1 atom stereocenters. The summed E-state index contributed by atoms with van der Waals surface area (Å²) >= 11 is 0. The molecular formula is C18H23O5P. The van der Waals surface area contributed by atoms with Crippen LogP contribution in [0.1, 0.15) is 37.9 Å². The highest BCUT2D eigenvalue weighted by Crippen LogP contribution is 2.63.